The van der Waals surface area contributed by atoms with Crippen molar-refractivity contribution in [1.29, 1.82) is 0 Å². The van der Waals surface area contributed by atoms with E-state index in [1.807, 2.05) is 47.4 Å². The Hall–Kier alpha value is -2.92. The predicted molar refractivity (Wildman–Crippen MR) is 110 cm³/mol. The standard InChI is InChI=1S/C22H21ClN2O3/c1-27-17-8-6-16(7-9-17)24-12-14-25(15-13-24)22(26)21-11-10-20(28-21)18-4-2-3-5-19(18)23/h2-11H,12-15H2,1H3. The number of carbonyl (C=O) groups excluding carboxylic acids is 1. The molecule has 1 saturated heterocycles. The summed E-state index contributed by atoms with van der Waals surface area (Å²) in [5.74, 6) is 1.69. The molecule has 0 atom stereocenters. The van der Waals surface area contributed by atoms with Crippen LogP contribution in [0.15, 0.2) is 65.1 Å². The van der Waals surface area contributed by atoms with E-state index < -0.39 is 0 Å². The SMILES string of the molecule is COc1ccc(N2CCN(C(=O)c3ccc(-c4ccccc4Cl)o3)CC2)cc1. The molecule has 3 aromatic rings. The Labute approximate surface area is 169 Å². The first-order chi connectivity index (χ1) is 13.7. The molecule has 1 amide bonds. The third-order valence-electron chi connectivity index (χ3n) is 4.96. The van der Waals surface area contributed by atoms with E-state index in [0.29, 0.717) is 29.6 Å². The number of hydrogen-bond acceptors (Lipinski definition) is 4. The molecule has 0 bridgehead atoms. The highest BCUT2D eigenvalue weighted by atomic mass is 35.5. The van der Waals surface area contributed by atoms with Gasteiger partial charge in [0.05, 0.1) is 12.1 Å². The molecule has 0 aliphatic carbocycles. The maximum atomic E-state index is 12.8. The second-order valence-corrected chi connectivity index (χ2v) is 7.03. The Balaban J connectivity index is 1.41. The first kappa shape index (κ1) is 18.4. The Morgan fingerprint density at radius 1 is 0.964 bits per heavy atom. The van der Waals surface area contributed by atoms with Crippen LogP contribution in [-0.4, -0.2) is 44.1 Å². The first-order valence-electron chi connectivity index (χ1n) is 9.19. The highest BCUT2D eigenvalue weighted by molar-refractivity contribution is 6.33. The van der Waals surface area contributed by atoms with Crippen molar-refractivity contribution in [1.82, 2.24) is 4.90 Å². The summed E-state index contributed by atoms with van der Waals surface area (Å²) < 4.78 is 11.0. The number of amides is 1. The van der Waals surface area contributed by atoms with Crippen LogP contribution in [0, 0.1) is 0 Å². The number of furan rings is 1. The number of hydrogen-bond donors (Lipinski definition) is 0. The summed E-state index contributed by atoms with van der Waals surface area (Å²) in [4.78, 5) is 16.9. The van der Waals surface area contributed by atoms with E-state index in [4.69, 9.17) is 20.8 Å². The van der Waals surface area contributed by atoms with E-state index in [1.165, 1.54) is 0 Å². The number of halogens is 1. The molecule has 1 aliphatic heterocycles. The van der Waals surface area contributed by atoms with E-state index in [1.54, 1.807) is 25.3 Å². The fraction of sp³-hybridized carbons (Fsp3) is 0.227. The number of piperazine rings is 1. The molecule has 28 heavy (non-hydrogen) atoms. The van der Waals surface area contributed by atoms with Gasteiger partial charge < -0.3 is 19.0 Å². The number of rotatable bonds is 4. The van der Waals surface area contributed by atoms with Crippen LogP contribution in [0.1, 0.15) is 10.6 Å². The highest BCUT2D eigenvalue weighted by Gasteiger charge is 2.24. The smallest absolute Gasteiger partial charge is 0.289 e. The number of carbonyl (C=O) groups is 1. The van der Waals surface area contributed by atoms with Gasteiger partial charge in [-0.1, -0.05) is 23.7 Å². The summed E-state index contributed by atoms with van der Waals surface area (Å²) in [6.45, 7) is 2.84. The molecular weight excluding hydrogens is 376 g/mol. The third-order valence-corrected chi connectivity index (χ3v) is 5.29. The average Bonchev–Trinajstić information content (AvgIpc) is 3.24. The van der Waals surface area contributed by atoms with Gasteiger partial charge in [0.1, 0.15) is 11.5 Å². The van der Waals surface area contributed by atoms with Crippen molar-refractivity contribution in [3.05, 3.63) is 71.4 Å². The quantitative estimate of drug-likeness (QED) is 0.648. The molecule has 1 aromatic heterocycles. The molecule has 144 valence electrons. The number of ether oxygens (including phenoxy) is 1. The second kappa shape index (κ2) is 7.98. The van der Waals surface area contributed by atoms with Gasteiger partial charge >= 0.3 is 0 Å². The molecule has 1 aliphatic rings. The van der Waals surface area contributed by atoms with E-state index in [9.17, 15) is 4.79 Å². The van der Waals surface area contributed by atoms with Crippen LogP contribution in [0.4, 0.5) is 5.69 Å². The van der Waals surface area contributed by atoms with Crippen LogP contribution in [0.2, 0.25) is 5.02 Å². The van der Waals surface area contributed by atoms with Gasteiger partial charge in [-0.15, -0.1) is 0 Å². The zero-order chi connectivity index (χ0) is 19.5. The van der Waals surface area contributed by atoms with E-state index in [-0.39, 0.29) is 5.91 Å². The van der Waals surface area contributed by atoms with Crippen molar-refractivity contribution in [3.63, 3.8) is 0 Å². The summed E-state index contributed by atoms with van der Waals surface area (Å²) >= 11 is 6.22. The molecular formula is C22H21ClN2O3. The van der Waals surface area contributed by atoms with Crippen LogP contribution >= 0.6 is 11.6 Å². The largest absolute Gasteiger partial charge is 0.497 e. The second-order valence-electron chi connectivity index (χ2n) is 6.62. The minimum atomic E-state index is -0.0901. The van der Waals surface area contributed by atoms with Gasteiger partial charge in [0, 0.05) is 37.4 Å². The Morgan fingerprint density at radius 3 is 2.36 bits per heavy atom. The first-order valence-corrected chi connectivity index (χ1v) is 9.56. The molecule has 0 N–H and O–H groups in total. The molecule has 0 spiro atoms. The summed E-state index contributed by atoms with van der Waals surface area (Å²) in [5, 5.41) is 0.601. The normalized spacial score (nSPS) is 14.2. The molecule has 5 nitrogen and oxygen atoms in total. The molecule has 1 fully saturated rings. The molecule has 0 radical (unpaired) electrons. The summed E-state index contributed by atoms with van der Waals surface area (Å²) in [6, 6.07) is 18.9. The van der Waals surface area contributed by atoms with E-state index in [0.717, 1.165) is 30.1 Å². The minimum Gasteiger partial charge on any atom is -0.497 e. The lowest BCUT2D eigenvalue weighted by Crippen LogP contribution is -2.48. The predicted octanol–water partition coefficient (Wildman–Crippen LogP) is 4.57. The van der Waals surface area contributed by atoms with Gasteiger partial charge in [0.15, 0.2) is 5.76 Å². The van der Waals surface area contributed by atoms with Crippen LogP contribution in [0.25, 0.3) is 11.3 Å². The maximum Gasteiger partial charge on any atom is 0.289 e. The molecule has 2 heterocycles. The maximum absolute atomic E-state index is 12.8. The van der Waals surface area contributed by atoms with Crippen LogP contribution in [0.3, 0.4) is 0 Å². The van der Waals surface area contributed by atoms with Crippen molar-refractivity contribution < 1.29 is 13.9 Å². The lowest BCUT2D eigenvalue weighted by Gasteiger charge is -2.35. The molecule has 0 saturated carbocycles. The molecule has 6 heteroatoms. The van der Waals surface area contributed by atoms with Gasteiger partial charge in [-0.3, -0.25) is 4.79 Å². The van der Waals surface area contributed by atoms with Crippen LogP contribution in [0.5, 0.6) is 5.75 Å². The Kier molecular flexibility index (Phi) is 5.26. The summed E-state index contributed by atoms with van der Waals surface area (Å²) in [5.41, 5.74) is 1.92. The van der Waals surface area contributed by atoms with Gasteiger partial charge in [-0.2, -0.15) is 0 Å². The van der Waals surface area contributed by atoms with Crippen molar-refractivity contribution in [2.75, 3.05) is 38.2 Å². The van der Waals surface area contributed by atoms with E-state index in [2.05, 4.69) is 4.90 Å². The van der Waals surface area contributed by atoms with Crippen molar-refractivity contribution in [2.24, 2.45) is 0 Å². The monoisotopic (exact) mass is 396 g/mol. The zero-order valence-electron chi connectivity index (χ0n) is 15.6. The lowest BCUT2D eigenvalue weighted by atomic mass is 10.2. The van der Waals surface area contributed by atoms with Crippen molar-refractivity contribution in [2.45, 2.75) is 0 Å². The van der Waals surface area contributed by atoms with Gasteiger partial charge in [0.2, 0.25) is 0 Å². The van der Waals surface area contributed by atoms with Crippen molar-refractivity contribution in [3.8, 4) is 17.1 Å². The minimum absolute atomic E-state index is 0.0901. The summed E-state index contributed by atoms with van der Waals surface area (Å²) in [6.07, 6.45) is 0. The number of anilines is 1. The van der Waals surface area contributed by atoms with Crippen LogP contribution < -0.4 is 9.64 Å². The third kappa shape index (κ3) is 3.71. The Bertz CT molecular complexity index is 960. The molecule has 0 unspecified atom stereocenters. The molecule has 2 aromatic carbocycles. The van der Waals surface area contributed by atoms with Crippen molar-refractivity contribution >= 4 is 23.2 Å². The lowest BCUT2D eigenvalue weighted by molar-refractivity contribution is 0.0715. The van der Waals surface area contributed by atoms with Crippen LogP contribution in [-0.2, 0) is 0 Å². The van der Waals surface area contributed by atoms with Gasteiger partial charge in [-0.25, -0.2) is 0 Å². The number of methoxy groups -OCH3 is 1. The number of nitrogens with zero attached hydrogens (tertiary/aromatic N) is 2. The summed E-state index contributed by atoms with van der Waals surface area (Å²) in [7, 11) is 1.66. The average molecular weight is 397 g/mol. The fourth-order valence-corrected chi connectivity index (χ4v) is 3.60. The van der Waals surface area contributed by atoms with E-state index >= 15 is 0 Å². The molecule has 4 rings (SSSR count). The number of benzene rings is 2. The Morgan fingerprint density at radius 2 is 1.68 bits per heavy atom. The fourth-order valence-electron chi connectivity index (χ4n) is 3.38. The van der Waals surface area contributed by atoms with Gasteiger partial charge in [0.25, 0.3) is 5.91 Å². The van der Waals surface area contributed by atoms with Gasteiger partial charge in [-0.05, 0) is 48.5 Å². The highest BCUT2D eigenvalue weighted by Crippen LogP contribution is 2.29. The zero-order valence-corrected chi connectivity index (χ0v) is 16.4. The topological polar surface area (TPSA) is 45.9 Å².